The van der Waals surface area contributed by atoms with E-state index < -0.39 is 5.97 Å². The van der Waals surface area contributed by atoms with E-state index in [4.69, 9.17) is 9.15 Å². The van der Waals surface area contributed by atoms with Gasteiger partial charge in [0.25, 0.3) is 5.91 Å². The fourth-order valence-corrected chi connectivity index (χ4v) is 3.78. The number of carbonyl (C=O) groups is 2. The van der Waals surface area contributed by atoms with Gasteiger partial charge in [-0.05, 0) is 55.4 Å². The van der Waals surface area contributed by atoms with Crippen molar-refractivity contribution in [3.63, 3.8) is 0 Å². The quantitative estimate of drug-likeness (QED) is 0.784. The summed E-state index contributed by atoms with van der Waals surface area (Å²) in [6, 6.07) is 4.00. The molecule has 1 aliphatic rings. The number of aryl methyl sites for hydroxylation is 2. The maximum atomic E-state index is 12.3. The van der Waals surface area contributed by atoms with Gasteiger partial charge in [-0.25, -0.2) is 0 Å². The van der Waals surface area contributed by atoms with E-state index in [2.05, 4.69) is 13.8 Å². The molecule has 140 valence electrons. The number of nitrogens with zero attached hydrogens (tertiary/aromatic N) is 1. The van der Waals surface area contributed by atoms with Gasteiger partial charge in [-0.15, -0.1) is 0 Å². The lowest BCUT2D eigenvalue weighted by atomic mass is 9.92. The molecular formula is C21H27NO4. The molecule has 0 unspecified atom stereocenters. The molecule has 0 spiro atoms. The highest BCUT2D eigenvalue weighted by atomic mass is 16.5. The van der Waals surface area contributed by atoms with Gasteiger partial charge in [0.1, 0.15) is 5.58 Å². The number of carbonyl (C=O) groups excluding carboxylic acids is 2. The summed E-state index contributed by atoms with van der Waals surface area (Å²) in [5.74, 6) is 0.461. The second-order valence-electron chi connectivity index (χ2n) is 7.78. The van der Waals surface area contributed by atoms with Gasteiger partial charge >= 0.3 is 5.97 Å². The fraction of sp³-hybridized carbons (Fsp3) is 0.524. The van der Waals surface area contributed by atoms with E-state index in [0.717, 1.165) is 47.2 Å². The molecule has 2 heterocycles. The predicted molar refractivity (Wildman–Crippen MR) is 99.9 cm³/mol. The van der Waals surface area contributed by atoms with Crippen LogP contribution in [0.1, 0.15) is 37.0 Å². The molecule has 2 aromatic rings. The van der Waals surface area contributed by atoms with Crippen LogP contribution in [-0.2, 0) is 20.7 Å². The summed E-state index contributed by atoms with van der Waals surface area (Å²) in [7, 11) is 0. The SMILES string of the molecule is Cc1cc2occ(CC(=O)OCC(=O)N3C[C@H](C)C[C@@H](C)C3)c2cc1C. The summed E-state index contributed by atoms with van der Waals surface area (Å²) >= 11 is 0. The second-order valence-corrected chi connectivity index (χ2v) is 7.78. The fourth-order valence-electron chi connectivity index (χ4n) is 3.78. The first kappa shape index (κ1) is 18.5. The van der Waals surface area contributed by atoms with Gasteiger partial charge in [0.15, 0.2) is 6.61 Å². The van der Waals surface area contributed by atoms with Crippen molar-refractivity contribution in [2.24, 2.45) is 11.8 Å². The Bertz CT molecular complexity index is 813. The van der Waals surface area contributed by atoms with Crippen molar-refractivity contribution in [2.45, 2.75) is 40.5 Å². The van der Waals surface area contributed by atoms with Crippen molar-refractivity contribution in [3.8, 4) is 0 Å². The monoisotopic (exact) mass is 357 g/mol. The number of hydrogen-bond acceptors (Lipinski definition) is 4. The second kappa shape index (κ2) is 7.52. The van der Waals surface area contributed by atoms with Crippen molar-refractivity contribution in [1.29, 1.82) is 0 Å². The van der Waals surface area contributed by atoms with E-state index in [1.165, 1.54) is 0 Å². The first-order valence-electron chi connectivity index (χ1n) is 9.24. The van der Waals surface area contributed by atoms with Crippen LogP contribution in [-0.4, -0.2) is 36.5 Å². The Morgan fingerprint density at radius 1 is 1.15 bits per heavy atom. The number of rotatable bonds is 4. The molecule has 0 radical (unpaired) electrons. The molecule has 1 aliphatic heterocycles. The smallest absolute Gasteiger partial charge is 0.310 e. The molecule has 5 nitrogen and oxygen atoms in total. The zero-order valence-electron chi connectivity index (χ0n) is 16.0. The highest BCUT2D eigenvalue weighted by molar-refractivity contribution is 5.87. The zero-order chi connectivity index (χ0) is 18.8. The number of furan rings is 1. The molecule has 1 amide bonds. The van der Waals surface area contributed by atoms with E-state index in [1.54, 1.807) is 6.26 Å². The summed E-state index contributed by atoms with van der Waals surface area (Å²) < 4.78 is 10.8. The molecule has 1 fully saturated rings. The Morgan fingerprint density at radius 3 is 2.50 bits per heavy atom. The third-order valence-corrected chi connectivity index (χ3v) is 5.18. The molecule has 1 aromatic heterocycles. The van der Waals surface area contributed by atoms with E-state index in [-0.39, 0.29) is 18.9 Å². The van der Waals surface area contributed by atoms with Gasteiger partial charge in [-0.2, -0.15) is 0 Å². The Kier molecular flexibility index (Phi) is 5.35. The normalized spacial score (nSPS) is 20.4. The summed E-state index contributed by atoms with van der Waals surface area (Å²) in [5.41, 5.74) is 3.86. The molecular weight excluding hydrogens is 330 g/mol. The average Bonchev–Trinajstić information content (AvgIpc) is 2.94. The molecule has 0 bridgehead atoms. The Labute approximate surface area is 154 Å². The van der Waals surface area contributed by atoms with Crippen LogP contribution in [0.3, 0.4) is 0 Å². The highest BCUT2D eigenvalue weighted by Gasteiger charge is 2.26. The maximum absolute atomic E-state index is 12.3. The van der Waals surface area contributed by atoms with Crippen molar-refractivity contribution >= 4 is 22.8 Å². The molecule has 5 heteroatoms. The van der Waals surface area contributed by atoms with Crippen LogP contribution in [0.15, 0.2) is 22.8 Å². The number of ether oxygens (including phenoxy) is 1. The lowest BCUT2D eigenvalue weighted by molar-refractivity contribution is -0.152. The van der Waals surface area contributed by atoms with Crippen LogP contribution in [0, 0.1) is 25.7 Å². The third-order valence-electron chi connectivity index (χ3n) is 5.18. The van der Waals surface area contributed by atoms with Crippen LogP contribution in [0.25, 0.3) is 11.0 Å². The lowest BCUT2D eigenvalue weighted by Crippen LogP contribution is -2.44. The van der Waals surface area contributed by atoms with Crippen molar-refractivity contribution in [2.75, 3.05) is 19.7 Å². The Morgan fingerprint density at radius 2 is 1.81 bits per heavy atom. The van der Waals surface area contributed by atoms with Crippen LogP contribution in [0.2, 0.25) is 0 Å². The minimum atomic E-state index is -0.405. The van der Waals surface area contributed by atoms with E-state index in [0.29, 0.717) is 11.8 Å². The van der Waals surface area contributed by atoms with Crippen LogP contribution in [0.4, 0.5) is 0 Å². The molecule has 0 aliphatic carbocycles. The first-order valence-corrected chi connectivity index (χ1v) is 9.24. The number of likely N-dealkylation sites (tertiary alicyclic amines) is 1. The summed E-state index contributed by atoms with van der Waals surface area (Å²) in [5, 5.41) is 0.926. The molecule has 1 aromatic carbocycles. The molecule has 0 N–H and O–H groups in total. The number of hydrogen-bond donors (Lipinski definition) is 0. The predicted octanol–water partition coefficient (Wildman–Crippen LogP) is 3.64. The van der Waals surface area contributed by atoms with Gasteiger partial charge in [0.05, 0.1) is 12.7 Å². The minimum Gasteiger partial charge on any atom is -0.464 e. The molecule has 2 atom stereocenters. The summed E-state index contributed by atoms with van der Waals surface area (Å²) in [6.45, 7) is 9.65. The first-order chi connectivity index (χ1) is 12.3. The molecule has 3 rings (SSSR count). The maximum Gasteiger partial charge on any atom is 0.310 e. The lowest BCUT2D eigenvalue weighted by Gasteiger charge is -2.34. The topological polar surface area (TPSA) is 59.8 Å². The highest BCUT2D eigenvalue weighted by Crippen LogP contribution is 2.25. The van der Waals surface area contributed by atoms with E-state index in [1.807, 2.05) is 30.9 Å². The van der Waals surface area contributed by atoms with Crippen molar-refractivity contribution < 1.29 is 18.7 Å². The number of fused-ring (bicyclic) bond motifs is 1. The Balaban J connectivity index is 1.58. The molecule has 26 heavy (non-hydrogen) atoms. The van der Waals surface area contributed by atoms with Gasteiger partial charge < -0.3 is 14.1 Å². The van der Waals surface area contributed by atoms with Gasteiger partial charge in [-0.3, -0.25) is 9.59 Å². The molecule has 1 saturated heterocycles. The van der Waals surface area contributed by atoms with Crippen LogP contribution in [0.5, 0.6) is 0 Å². The van der Waals surface area contributed by atoms with E-state index >= 15 is 0 Å². The van der Waals surface area contributed by atoms with Crippen LogP contribution < -0.4 is 0 Å². The largest absolute Gasteiger partial charge is 0.464 e. The number of benzene rings is 1. The minimum absolute atomic E-state index is 0.107. The van der Waals surface area contributed by atoms with Crippen molar-refractivity contribution in [3.05, 3.63) is 35.1 Å². The van der Waals surface area contributed by atoms with Gasteiger partial charge in [0.2, 0.25) is 0 Å². The van der Waals surface area contributed by atoms with E-state index in [9.17, 15) is 9.59 Å². The average molecular weight is 357 g/mol. The number of esters is 1. The zero-order valence-corrected chi connectivity index (χ0v) is 16.0. The number of amides is 1. The van der Waals surface area contributed by atoms with Gasteiger partial charge in [-0.1, -0.05) is 13.8 Å². The standard InChI is InChI=1S/C21H27NO4/c1-13-5-14(2)10-22(9-13)20(23)12-26-21(24)8-17-11-25-19-7-16(4)15(3)6-18(17)19/h6-7,11,13-14H,5,8-10,12H2,1-4H3/t13-,14-/m1/s1. The number of piperidine rings is 1. The summed E-state index contributed by atoms with van der Waals surface area (Å²) in [6.07, 6.45) is 2.84. The van der Waals surface area contributed by atoms with Gasteiger partial charge in [0, 0.05) is 24.0 Å². The van der Waals surface area contributed by atoms with Crippen LogP contribution >= 0.6 is 0 Å². The summed E-state index contributed by atoms with van der Waals surface area (Å²) in [4.78, 5) is 26.3. The third kappa shape index (κ3) is 4.09. The van der Waals surface area contributed by atoms with Crippen molar-refractivity contribution in [1.82, 2.24) is 4.90 Å². The molecule has 0 saturated carbocycles. The Hall–Kier alpha value is -2.30.